The number of carbonyl (C=O) groups excluding carboxylic acids is 1. The third kappa shape index (κ3) is 3.11. The number of ether oxygens (including phenoxy) is 1. The number of hydrogen-bond donors (Lipinski definition) is 0. The number of methoxy groups -OCH3 is 1. The first kappa shape index (κ1) is 19.7. The van der Waals surface area contributed by atoms with Crippen molar-refractivity contribution in [2.75, 3.05) is 18.6 Å². The van der Waals surface area contributed by atoms with Crippen molar-refractivity contribution in [3.63, 3.8) is 0 Å². The van der Waals surface area contributed by atoms with Crippen LogP contribution in [0.3, 0.4) is 0 Å². The van der Waals surface area contributed by atoms with Crippen molar-refractivity contribution in [2.24, 2.45) is 11.8 Å². The lowest BCUT2D eigenvalue weighted by Gasteiger charge is -2.31. The Bertz CT molecular complexity index is 923. The molecular weight excluding hydrogens is 467 g/mol. The fourth-order valence-electron chi connectivity index (χ4n) is 4.97. The molecule has 3 atom stereocenters. The average molecular weight is 494 g/mol. The molecule has 0 spiro atoms. The smallest absolute Gasteiger partial charge is 0.309 e. The Labute approximate surface area is 179 Å². The Morgan fingerprint density at radius 1 is 1.29 bits per heavy atom. The highest BCUT2D eigenvalue weighted by Crippen LogP contribution is 2.44. The summed E-state index contributed by atoms with van der Waals surface area (Å²) in [5.74, 6) is 1.81. The molecule has 1 saturated carbocycles. The number of esters is 1. The monoisotopic (exact) mass is 494 g/mol. The molecule has 2 fully saturated rings. The predicted octanol–water partition coefficient (Wildman–Crippen LogP) is 4.00. The van der Waals surface area contributed by atoms with E-state index in [2.05, 4.69) is 60.4 Å². The fraction of sp³-hybridized carbons (Fsp3) is 0.571. The Hall–Kier alpha value is -1.64. The molecule has 0 radical (unpaired) electrons. The van der Waals surface area contributed by atoms with Crippen molar-refractivity contribution in [1.29, 1.82) is 0 Å². The van der Waals surface area contributed by atoms with Gasteiger partial charge in [-0.3, -0.25) is 4.79 Å². The van der Waals surface area contributed by atoms with Crippen molar-refractivity contribution in [3.05, 3.63) is 32.8 Å². The number of piperidine rings is 1. The lowest BCUT2D eigenvalue weighted by atomic mass is 9.95. The number of nitrogens with zero attached hydrogens (tertiary/aromatic N) is 4. The van der Waals surface area contributed by atoms with Gasteiger partial charge >= 0.3 is 5.97 Å². The molecule has 150 valence electrons. The third-order valence-corrected chi connectivity index (χ3v) is 7.10. The first-order chi connectivity index (χ1) is 13.3. The van der Waals surface area contributed by atoms with Crippen LogP contribution in [0.25, 0.3) is 5.69 Å². The van der Waals surface area contributed by atoms with Crippen LogP contribution < -0.4 is 4.90 Å². The zero-order chi connectivity index (χ0) is 20.2. The van der Waals surface area contributed by atoms with Gasteiger partial charge in [-0.25, -0.2) is 9.67 Å². The van der Waals surface area contributed by atoms with E-state index in [1.54, 1.807) is 0 Å². The van der Waals surface area contributed by atoms with Crippen LogP contribution in [0.15, 0.2) is 12.1 Å². The van der Waals surface area contributed by atoms with Gasteiger partial charge in [-0.1, -0.05) is 13.8 Å². The van der Waals surface area contributed by atoms with Crippen molar-refractivity contribution >= 4 is 34.4 Å². The molecule has 7 heteroatoms. The summed E-state index contributed by atoms with van der Waals surface area (Å²) in [7, 11) is 1.49. The number of aryl methyl sites for hydroxylation is 1. The van der Waals surface area contributed by atoms with Crippen LogP contribution in [0.5, 0.6) is 0 Å². The first-order valence-corrected chi connectivity index (χ1v) is 11.0. The summed E-state index contributed by atoms with van der Waals surface area (Å²) in [4.78, 5) is 19.2. The summed E-state index contributed by atoms with van der Waals surface area (Å²) in [6, 6.07) is 4.60. The minimum Gasteiger partial charge on any atom is -0.469 e. The van der Waals surface area contributed by atoms with Gasteiger partial charge in [0.05, 0.1) is 24.4 Å². The second kappa shape index (κ2) is 7.31. The molecule has 1 aliphatic heterocycles. The fourth-order valence-corrected chi connectivity index (χ4v) is 6.20. The van der Waals surface area contributed by atoms with Gasteiger partial charge in [0.25, 0.3) is 0 Å². The van der Waals surface area contributed by atoms with Crippen LogP contribution in [0.4, 0.5) is 5.82 Å². The highest BCUT2D eigenvalue weighted by atomic mass is 127. The Morgan fingerprint density at radius 3 is 2.57 bits per heavy atom. The molecule has 2 aromatic heterocycles. The molecule has 0 unspecified atom stereocenters. The topological polar surface area (TPSA) is 60.2 Å². The maximum Gasteiger partial charge on any atom is 0.309 e. The quantitative estimate of drug-likeness (QED) is 0.475. The van der Waals surface area contributed by atoms with Gasteiger partial charge in [0.1, 0.15) is 9.52 Å². The number of halogens is 1. The van der Waals surface area contributed by atoms with Crippen LogP contribution in [0, 0.1) is 29.4 Å². The van der Waals surface area contributed by atoms with E-state index in [1.807, 2.05) is 11.6 Å². The average Bonchev–Trinajstić information content (AvgIpc) is 3.33. The van der Waals surface area contributed by atoms with Crippen molar-refractivity contribution in [2.45, 2.75) is 52.5 Å². The molecule has 0 amide bonds. The molecule has 0 N–H and O–H groups in total. The van der Waals surface area contributed by atoms with Gasteiger partial charge in [-0.05, 0) is 73.2 Å². The summed E-state index contributed by atoms with van der Waals surface area (Å²) >= 11 is 2.32. The van der Waals surface area contributed by atoms with Crippen molar-refractivity contribution in [1.82, 2.24) is 14.8 Å². The van der Waals surface area contributed by atoms with E-state index in [1.165, 1.54) is 18.4 Å². The Morgan fingerprint density at radius 2 is 2.04 bits per heavy atom. The highest BCUT2D eigenvalue weighted by molar-refractivity contribution is 14.1. The highest BCUT2D eigenvalue weighted by Gasteiger charge is 2.48. The number of aromatic nitrogens is 3. The molecule has 2 bridgehead atoms. The number of carbonyl (C=O) groups is 1. The number of hydrogen-bond acceptors (Lipinski definition) is 5. The molecule has 4 rings (SSSR count). The Balaban J connectivity index is 1.59. The van der Waals surface area contributed by atoms with E-state index >= 15 is 0 Å². The zero-order valence-corrected chi connectivity index (χ0v) is 19.2. The van der Waals surface area contributed by atoms with Crippen LogP contribution >= 0.6 is 22.6 Å². The van der Waals surface area contributed by atoms with E-state index in [4.69, 9.17) is 14.8 Å². The van der Waals surface area contributed by atoms with Gasteiger partial charge in [0.2, 0.25) is 0 Å². The van der Waals surface area contributed by atoms with Crippen LogP contribution in [-0.2, 0) is 9.53 Å². The molecule has 2 aromatic rings. The van der Waals surface area contributed by atoms with Gasteiger partial charge in [-0.15, -0.1) is 0 Å². The van der Waals surface area contributed by atoms with E-state index in [0.29, 0.717) is 17.9 Å². The summed E-state index contributed by atoms with van der Waals surface area (Å²) in [5.41, 5.74) is 4.48. The molecule has 0 aromatic carbocycles. The number of pyridine rings is 1. The van der Waals surface area contributed by atoms with Crippen LogP contribution in [0.2, 0.25) is 0 Å². The summed E-state index contributed by atoms with van der Waals surface area (Å²) in [5, 5.41) is 4.76. The summed E-state index contributed by atoms with van der Waals surface area (Å²) in [6.45, 7) is 9.47. The zero-order valence-electron chi connectivity index (χ0n) is 17.1. The van der Waals surface area contributed by atoms with E-state index in [9.17, 15) is 4.79 Å². The van der Waals surface area contributed by atoms with Crippen LogP contribution in [0.1, 0.15) is 49.6 Å². The van der Waals surface area contributed by atoms with Gasteiger partial charge in [0, 0.05) is 23.8 Å². The molecule has 3 heterocycles. The lowest BCUT2D eigenvalue weighted by Crippen LogP contribution is -2.38. The molecule has 1 saturated heterocycles. The largest absolute Gasteiger partial charge is 0.469 e. The summed E-state index contributed by atoms with van der Waals surface area (Å²) < 4.78 is 8.04. The van der Waals surface area contributed by atoms with E-state index in [0.717, 1.165) is 40.3 Å². The third-order valence-electron chi connectivity index (χ3n) is 6.31. The normalized spacial score (nSPS) is 23.7. The number of anilines is 1. The molecule has 28 heavy (non-hydrogen) atoms. The summed E-state index contributed by atoms with van der Waals surface area (Å²) in [6.07, 6.45) is 1.92. The molecular formula is C21H27IN4O2. The minimum absolute atomic E-state index is 0.0508. The van der Waals surface area contributed by atoms with Gasteiger partial charge in [0.15, 0.2) is 0 Å². The standard InChI is InChI=1S/C21H27IN4O2/c1-11(2)19-13(4)26(24-20(19)22)17-6-7-18(23-12(17)3)25-10-14-8-15(25)9-16(14)21(27)28-5/h6-7,11,14-16H,8-10H2,1-5H3/t14-,15-,16+/m0/s1. The molecule has 6 nitrogen and oxygen atoms in total. The molecule has 2 aliphatic rings. The van der Waals surface area contributed by atoms with Crippen molar-refractivity contribution < 1.29 is 9.53 Å². The van der Waals surface area contributed by atoms with Gasteiger partial charge < -0.3 is 9.64 Å². The van der Waals surface area contributed by atoms with E-state index in [-0.39, 0.29) is 11.9 Å². The second-order valence-corrected chi connectivity index (χ2v) is 9.32. The Kier molecular flexibility index (Phi) is 5.14. The van der Waals surface area contributed by atoms with Crippen LogP contribution in [-0.4, -0.2) is 40.4 Å². The van der Waals surface area contributed by atoms with Gasteiger partial charge in [-0.2, -0.15) is 5.10 Å². The maximum atomic E-state index is 11.9. The SMILES string of the molecule is COC(=O)[C@@H]1C[C@@H]2C[C@H]1CN2c1ccc(-n2nc(I)c(C(C)C)c2C)c(C)n1. The number of fused-ring (bicyclic) bond motifs is 2. The maximum absolute atomic E-state index is 11.9. The predicted molar refractivity (Wildman–Crippen MR) is 117 cm³/mol. The van der Waals surface area contributed by atoms with E-state index < -0.39 is 0 Å². The lowest BCUT2D eigenvalue weighted by molar-refractivity contribution is -0.146. The second-order valence-electron chi connectivity index (χ2n) is 8.30. The van der Waals surface area contributed by atoms with Crippen molar-refractivity contribution in [3.8, 4) is 5.69 Å². The number of rotatable bonds is 4. The first-order valence-electron chi connectivity index (χ1n) is 9.89. The minimum atomic E-state index is -0.0589. The molecule has 1 aliphatic carbocycles.